The van der Waals surface area contributed by atoms with E-state index < -0.39 is 6.10 Å². The number of anilines is 1. The van der Waals surface area contributed by atoms with Crippen molar-refractivity contribution in [3.05, 3.63) is 77.0 Å². The summed E-state index contributed by atoms with van der Waals surface area (Å²) in [6.45, 7) is 3.61. The maximum Gasteiger partial charge on any atom is 0.266 e. The monoisotopic (exact) mass is 400 g/mol. The van der Waals surface area contributed by atoms with Crippen LogP contribution < -0.4 is 10.1 Å². The van der Waals surface area contributed by atoms with Gasteiger partial charge in [0.2, 0.25) is 0 Å². The molecule has 4 rings (SSSR count). The normalized spacial score (nSPS) is 16.2. The Labute approximate surface area is 176 Å². The molecule has 1 N–H and O–H groups in total. The molecule has 1 aliphatic rings. The van der Waals surface area contributed by atoms with Crippen LogP contribution in [0.2, 0.25) is 0 Å². The Morgan fingerprint density at radius 1 is 1.27 bits per heavy atom. The fraction of sp³-hybridized carbons (Fsp3) is 0.292. The molecule has 3 aromatic rings. The second-order valence-electron chi connectivity index (χ2n) is 7.58. The Balaban J connectivity index is 1.56. The van der Waals surface area contributed by atoms with Crippen LogP contribution in [0, 0.1) is 18.3 Å². The summed E-state index contributed by atoms with van der Waals surface area (Å²) in [4.78, 5) is 12.9. The van der Waals surface area contributed by atoms with Gasteiger partial charge in [0.15, 0.2) is 6.10 Å². The molecule has 2 atom stereocenters. The summed E-state index contributed by atoms with van der Waals surface area (Å²) < 4.78 is 7.68. The van der Waals surface area contributed by atoms with Crippen LogP contribution in [0.15, 0.2) is 54.7 Å². The van der Waals surface area contributed by atoms with Gasteiger partial charge in [-0.15, -0.1) is 0 Å². The number of para-hydroxylation sites is 1. The lowest BCUT2D eigenvalue weighted by Gasteiger charge is -2.27. The third-order valence-corrected chi connectivity index (χ3v) is 5.53. The highest BCUT2D eigenvalue weighted by Crippen LogP contribution is 2.35. The predicted octanol–water partition coefficient (Wildman–Crippen LogP) is 4.39. The number of nitrogens with zero attached hydrogens (tertiary/aromatic N) is 3. The van der Waals surface area contributed by atoms with E-state index in [1.165, 1.54) is 11.1 Å². The van der Waals surface area contributed by atoms with E-state index in [0.29, 0.717) is 17.1 Å². The molecule has 2 unspecified atom stereocenters. The van der Waals surface area contributed by atoms with Crippen LogP contribution in [0.4, 0.5) is 5.82 Å². The number of hydrogen-bond acceptors (Lipinski definition) is 4. The molecule has 1 amide bonds. The van der Waals surface area contributed by atoms with Gasteiger partial charge >= 0.3 is 0 Å². The van der Waals surface area contributed by atoms with Crippen molar-refractivity contribution in [2.45, 2.75) is 45.3 Å². The maximum absolute atomic E-state index is 12.9. The van der Waals surface area contributed by atoms with Gasteiger partial charge in [0.1, 0.15) is 17.6 Å². The molecule has 0 saturated heterocycles. The Kier molecular flexibility index (Phi) is 5.53. The molecule has 152 valence electrons. The molecule has 6 heteroatoms. The standard InChI is InChI=1S/C24H24N4O2/c1-16-15-26-28(21-12-7-10-18-8-3-5-11-20(18)21)23(16)27-24(29)17(2)30-22-13-6-4-9-19(22)14-25/h3-6,8-9,11,13,15,17,21H,7,10,12H2,1-2H3,(H,27,29). The van der Waals surface area contributed by atoms with Gasteiger partial charge in [0.05, 0.1) is 17.8 Å². The minimum Gasteiger partial charge on any atom is -0.480 e. The number of aryl methyl sites for hydroxylation is 2. The molecule has 0 fully saturated rings. The van der Waals surface area contributed by atoms with Crippen molar-refractivity contribution in [3.63, 3.8) is 0 Å². The molecule has 0 aliphatic heterocycles. The first-order valence-corrected chi connectivity index (χ1v) is 10.2. The van der Waals surface area contributed by atoms with Crippen molar-refractivity contribution in [2.75, 3.05) is 5.32 Å². The van der Waals surface area contributed by atoms with Crippen LogP contribution >= 0.6 is 0 Å². The number of nitriles is 1. The van der Waals surface area contributed by atoms with E-state index in [9.17, 15) is 10.1 Å². The van der Waals surface area contributed by atoms with Crippen molar-refractivity contribution in [1.82, 2.24) is 9.78 Å². The summed E-state index contributed by atoms with van der Waals surface area (Å²) in [5, 5.41) is 16.8. The van der Waals surface area contributed by atoms with E-state index in [2.05, 4.69) is 34.7 Å². The summed E-state index contributed by atoms with van der Waals surface area (Å²) in [6, 6.07) is 17.5. The number of amides is 1. The number of carbonyl (C=O) groups excluding carboxylic acids is 1. The highest BCUT2D eigenvalue weighted by molar-refractivity contribution is 5.94. The fourth-order valence-corrected chi connectivity index (χ4v) is 3.95. The van der Waals surface area contributed by atoms with Crippen molar-refractivity contribution < 1.29 is 9.53 Å². The Hall–Kier alpha value is -3.59. The van der Waals surface area contributed by atoms with E-state index in [1.54, 1.807) is 37.4 Å². The van der Waals surface area contributed by atoms with E-state index in [4.69, 9.17) is 4.74 Å². The van der Waals surface area contributed by atoms with Gasteiger partial charge in [-0.1, -0.05) is 36.4 Å². The van der Waals surface area contributed by atoms with Gasteiger partial charge in [0, 0.05) is 5.56 Å². The van der Waals surface area contributed by atoms with Gasteiger partial charge in [-0.05, 0) is 56.4 Å². The van der Waals surface area contributed by atoms with Gasteiger partial charge in [-0.3, -0.25) is 4.79 Å². The Bertz CT molecular complexity index is 1110. The number of hydrogen-bond donors (Lipinski definition) is 1. The lowest BCUT2D eigenvalue weighted by molar-refractivity contribution is -0.122. The van der Waals surface area contributed by atoms with Gasteiger partial charge < -0.3 is 10.1 Å². The Morgan fingerprint density at radius 2 is 2.03 bits per heavy atom. The van der Waals surface area contributed by atoms with Crippen LogP contribution in [0.25, 0.3) is 0 Å². The largest absolute Gasteiger partial charge is 0.480 e. The molecule has 0 saturated carbocycles. The molecule has 1 aromatic heterocycles. The van der Waals surface area contributed by atoms with E-state index in [1.807, 2.05) is 17.7 Å². The second kappa shape index (κ2) is 8.42. The SMILES string of the molecule is Cc1cnn(C2CCCc3ccccc32)c1NC(=O)C(C)Oc1ccccc1C#N. The van der Waals surface area contributed by atoms with Crippen LogP contribution in [-0.4, -0.2) is 21.8 Å². The van der Waals surface area contributed by atoms with Crippen molar-refractivity contribution in [3.8, 4) is 11.8 Å². The number of benzene rings is 2. The first-order valence-electron chi connectivity index (χ1n) is 10.2. The van der Waals surface area contributed by atoms with E-state index in [-0.39, 0.29) is 11.9 Å². The molecule has 6 nitrogen and oxygen atoms in total. The highest BCUT2D eigenvalue weighted by atomic mass is 16.5. The number of carbonyl (C=O) groups is 1. The van der Waals surface area contributed by atoms with E-state index in [0.717, 1.165) is 24.8 Å². The number of fused-ring (bicyclic) bond motifs is 1. The predicted molar refractivity (Wildman–Crippen MR) is 114 cm³/mol. The fourth-order valence-electron chi connectivity index (χ4n) is 3.95. The van der Waals surface area contributed by atoms with Crippen LogP contribution in [0.3, 0.4) is 0 Å². The summed E-state index contributed by atoms with van der Waals surface area (Å²) in [5.41, 5.74) is 3.90. The molecule has 2 aromatic carbocycles. The number of ether oxygens (including phenoxy) is 1. The zero-order valence-electron chi connectivity index (χ0n) is 17.1. The minimum atomic E-state index is -0.763. The molecule has 30 heavy (non-hydrogen) atoms. The summed E-state index contributed by atoms with van der Waals surface area (Å²) in [7, 11) is 0. The zero-order valence-corrected chi connectivity index (χ0v) is 17.1. The molecule has 0 bridgehead atoms. The smallest absolute Gasteiger partial charge is 0.266 e. The molecule has 1 aliphatic carbocycles. The summed E-state index contributed by atoms with van der Waals surface area (Å²) >= 11 is 0. The van der Waals surface area contributed by atoms with Crippen molar-refractivity contribution in [1.29, 1.82) is 5.26 Å². The molecular formula is C24H24N4O2. The average molecular weight is 400 g/mol. The second-order valence-corrected chi connectivity index (χ2v) is 7.58. The third kappa shape index (κ3) is 3.79. The maximum atomic E-state index is 12.9. The van der Waals surface area contributed by atoms with Crippen molar-refractivity contribution in [2.24, 2.45) is 0 Å². The van der Waals surface area contributed by atoms with Gasteiger partial charge in [-0.2, -0.15) is 10.4 Å². The van der Waals surface area contributed by atoms with Crippen molar-refractivity contribution >= 4 is 11.7 Å². The first-order chi connectivity index (χ1) is 14.6. The minimum absolute atomic E-state index is 0.0921. The van der Waals surface area contributed by atoms with Gasteiger partial charge in [0.25, 0.3) is 5.91 Å². The van der Waals surface area contributed by atoms with Gasteiger partial charge in [-0.25, -0.2) is 4.68 Å². The summed E-state index contributed by atoms with van der Waals surface area (Å²) in [5.74, 6) is 0.802. The third-order valence-electron chi connectivity index (χ3n) is 5.53. The first kappa shape index (κ1) is 19.7. The number of nitrogens with one attached hydrogen (secondary N) is 1. The molecular weight excluding hydrogens is 376 g/mol. The average Bonchev–Trinajstić information content (AvgIpc) is 3.13. The van der Waals surface area contributed by atoms with Crippen LogP contribution in [-0.2, 0) is 11.2 Å². The van der Waals surface area contributed by atoms with Crippen LogP contribution in [0.1, 0.15) is 48.1 Å². The lowest BCUT2D eigenvalue weighted by atomic mass is 9.88. The molecule has 0 radical (unpaired) electrons. The lowest BCUT2D eigenvalue weighted by Crippen LogP contribution is -2.32. The molecule has 1 heterocycles. The number of rotatable bonds is 5. The molecule has 0 spiro atoms. The topological polar surface area (TPSA) is 79.9 Å². The number of aromatic nitrogens is 2. The van der Waals surface area contributed by atoms with Crippen LogP contribution in [0.5, 0.6) is 5.75 Å². The highest BCUT2D eigenvalue weighted by Gasteiger charge is 2.26. The Morgan fingerprint density at radius 3 is 2.87 bits per heavy atom. The quantitative estimate of drug-likeness (QED) is 0.689. The van der Waals surface area contributed by atoms with E-state index >= 15 is 0 Å². The zero-order chi connectivity index (χ0) is 21.1. The summed E-state index contributed by atoms with van der Waals surface area (Å²) in [6.07, 6.45) is 4.14.